The van der Waals surface area contributed by atoms with Gasteiger partial charge in [-0.25, -0.2) is 0 Å². The Hall–Kier alpha value is -2.57. The fourth-order valence-corrected chi connectivity index (χ4v) is 2.71. The molecule has 2 aromatic carbocycles. The number of hydrogen-bond donors (Lipinski definition) is 1. The Morgan fingerprint density at radius 3 is 2.33 bits per heavy atom. The summed E-state index contributed by atoms with van der Waals surface area (Å²) in [6.07, 6.45) is -1.09. The lowest BCUT2D eigenvalue weighted by molar-refractivity contribution is -0.158. The minimum absolute atomic E-state index is 0.165. The predicted octanol–water partition coefficient (Wildman–Crippen LogP) is 3.10. The SMILES string of the molecule is CN(C)C(=O)C(OC(=O)CNC(=O)c1ccc(Cl)cc1Cl)c1ccccc1. The molecule has 0 aliphatic carbocycles. The van der Waals surface area contributed by atoms with E-state index in [0.29, 0.717) is 10.6 Å². The summed E-state index contributed by atoms with van der Waals surface area (Å²) < 4.78 is 5.30. The molecule has 2 aromatic rings. The Kier molecular flexibility index (Phi) is 7.21. The maximum atomic E-state index is 12.3. The van der Waals surface area contributed by atoms with Crippen molar-refractivity contribution in [3.8, 4) is 0 Å². The topological polar surface area (TPSA) is 75.7 Å². The Morgan fingerprint density at radius 1 is 1.07 bits per heavy atom. The third-order valence-corrected chi connectivity index (χ3v) is 4.13. The van der Waals surface area contributed by atoms with Crippen molar-refractivity contribution in [2.24, 2.45) is 0 Å². The number of rotatable bonds is 6. The van der Waals surface area contributed by atoms with Crippen LogP contribution in [0.25, 0.3) is 0 Å². The Morgan fingerprint density at radius 2 is 1.74 bits per heavy atom. The molecule has 0 radical (unpaired) electrons. The highest BCUT2D eigenvalue weighted by Gasteiger charge is 2.26. The molecule has 0 aliphatic rings. The van der Waals surface area contributed by atoms with Gasteiger partial charge in [0, 0.05) is 24.7 Å². The number of benzene rings is 2. The summed E-state index contributed by atoms with van der Waals surface area (Å²) >= 11 is 11.8. The summed E-state index contributed by atoms with van der Waals surface area (Å²) in [6, 6.07) is 13.0. The van der Waals surface area contributed by atoms with Crippen LogP contribution in [0.1, 0.15) is 22.0 Å². The molecule has 142 valence electrons. The molecule has 0 heterocycles. The van der Waals surface area contributed by atoms with Crippen molar-refractivity contribution in [2.45, 2.75) is 6.10 Å². The van der Waals surface area contributed by atoms with E-state index in [0.717, 1.165) is 0 Å². The third kappa shape index (κ3) is 5.70. The molecule has 0 aliphatic heterocycles. The number of nitrogens with one attached hydrogen (secondary N) is 1. The van der Waals surface area contributed by atoms with Gasteiger partial charge in [-0.05, 0) is 18.2 Å². The minimum Gasteiger partial charge on any atom is -0.446 e. The average Bonchev–Trinajstić information content (AvgIpc) is 2.64. The van der Waals surface area contributed by atoms with Gasteiger partial charge in [-0.3, -0.25) is 14.4 Å². The third-order valence-electron chi connectivity index (χ3n) is 3.59. The molecule has 0 aromatic heterocycles. The van der Waals surface area contributed by atoms with Crippen molar-refractivity contribution in [2.75, 3.05) is 20.6 Å². The first-order valence-corrected chi connectivity index (χ1v) is 8.74. The number of ether oxygens (including phenoxy) is 1. The number of esters is 1. The van der Waals surface area contributed by atoms with Gasteiger partial charge in [-0.2, -0.15) is 0 Å². The molecule has 0 spiro atoms. The molecule has 0 bridgehead atoms. The molecule has 27 heavy (non-hydrogen) atoms. The van der Waals surface area contributed by atoms with E-state index < -0.39 is 24.5 Å². The summed E-state index contributed by atoms with van der Waals surface area (Å²) in [6.45, 7) is -0.415. The van der Waals surface area contributed by atoms with E-state index in [-0.39, 0.29) is 16.5 Å². The van der Waals surface area contributed by atoms with E-state index in [1.165, 1.54) is 23.1 Å². The fourth-order valence-electron chi connectivity index (χ4n) is 2.22. The van der Waals surface area contributed by atoms with Gasteiger partial charge in [-0.1, -0.05) is 53.5 Å². The van der Waals surface area contributed by atoms with Gasteiger partial charge in [0.15, 0.2) is 0 Å². The highest BCUT2D eigenvalue weighted by Crippen LogP contribution is 2.21. The van der Waals surface area contributed by atoms with Gasteiger partial charge in [0.25, 0.3) is 11.8 Å². The maximum Gasteiger partial charge on any atom is 0.326 e. The van der Waals surface area contributed by atoms with Gasteiger partial charge in [-0.15, -0.1) is 0 Å². The zero-order valence-corrected chi connectivity index (χ0v) is 16.3. The number of likely N-dealkylation sites (N-methyl/N-ethyl adjacent to an activating group) is 1. The van der Waals surface area contributed by atoms with Crippen LogP contribution in [0.2, 0.25) is 10.0 Å². The second-order valence-electron chi connectivity index (χ2n) is 5.82. The van der Waals surface area contributed by atoms with Crippen molar-refractivity contribution < 1.29 is 19.1 Å². The molecular formula is C19H18Cl2N2O4. The second-order valence-corrected chi connectivity index (χ2v) is 6.66. The second kappa shape index (κ2) is 9.39. The smallest absolute Gasteiger partial charge is 0.326 e. The van der Waals surface area contributed by atoms with Gasteiger partial charge in [0.1, 0.15) is 6.54 Å². The van der Waals surface area contributed by atoms with Crippen molar-refractivity contribution >= 4 is 41.0 Å². The molecule has 2 rings (SSSR count). The number of amides is 2. The molecule has 1 N–H and O–H groups in total. The van der Waals surface area contributed by atoms with Gasteiger partial charge in [0.2, 0.25) is 6.10 Å². The summed E-state index contributed by atoms with van der Waals surface area (Å²) in [4.78, 5) is 38.0. The predicted molar refractivity (Wildman–Crippen MR) is 103 cm³/mol. The van der Waals surface area contributed by atoms with Crippen LogP contribution in [0.4, 0.5) is 0 Å². The van der Waals surface area contributed by atoms with Gasteiger partial charge in [0.05, 0.1) is 10.6 Å². The normalized spacial score (nSPS) is 11.4. The van der Waals surface area contributed by atoms with E-state index >= 15 is 0 Å². The molecule has 1 unspecified atom stereocenters. The highest BCUT2D eigenvalue weighted by molar-refractivity contribution is 6.36. The first-order chi connectivity index (χ1) is 12.8. The first-order valence-electron chi connectivity index (χ1n) is 7.98. The van der Waals surface area contributed by atoms with E-state index in [2.05, 4.69) is 5.32 Å². The zero-order chi connectivity index (χ0) is 20.0. The molecule has 6 nitrogen and oxygen atoms in total. The minimum atomic E-state index is -1.09. The van der Waals surface area contributed by atoms with E-state index in [4.69, 9.17) is 27.9 Å². The zero-order valence-electron chi connectivity index (χ0n) is 14.7. The monoisotopic (exact) mass is 408 g/mol. The van der Waals surface area contributed by atoms with Crippen molar-refractivity contribution in [3.05, 3.63) is 69.7 Å². The van der Waals surface area contributed by atoms with Crippen LogP contribution in [0.3, 0.4) is 0 Å². The van der Waals surface area contributed by atoms with E-state index in [1.807, 2.05) is 0 Å². The average molecular weight is 409 g/mol. The quantitative estimate of drug-likeness (QED) is 0.745. The van der Waals surface area contributed by atoms with Gasteiger partial charge >= 0.3 is 5.97 Å². The number of nitrogens with zero attached hydrogens (tertiary/aromatic N) is 1. The Bertz CT molecular complexity index is 841. The molecule has 1 atom stereocenters. The Labute approximate surface area is 167 Å². The largest absolute Gasteiger partial charge is 0.446 e. The lowest BCUT2D eigenvalue weighted by Crippen LogP contribution is -2.35. The molecule has 0 saturated carbocycles. The molecule has 0 saturated heterocycles. The first kappa shape index (κ1) is 20.7. The number of hydrogen-bond acceptors (Lipinski definition) is 4. The number of halogens is 2. The van der Waals surface area contributed by atoms with Crippen LogP contribution in [0, 0.1) is 0 Å². The molecular weight excluding hydrogens is 391 g/mol. The summed E-state index contributed by atoms with van der Waals surface area (Å²) in [5, 5.41) is 2.98. The van der Waals surface area contributed by atoms with Crippen LogP contribution in [0.15, 0.2) is 48.5 Å². The Balaban J connectivity index is 2.03. The van der Waals surface area contributed by atoms with Gasteiger partial charge < -0.3 is 15.0 Å². The van der Waals surface area contributed by atoms with Crippen LogP contribution < -0.4 is 5.32 Å². The summed E-state index contributed by atoms with van der Waals surface area (Å²) in [7, 11) is 3.13. The van der Waals surface area contributed by atoms with E-state index in [1.54, 1.807) is 44.4 Å². The van der Waals surface area contributed by atoms with Crippen molar-refractivity contribution in [1.29, 1.82) is 0 Å². The summed E-state index contributed by atoms with van der Waals surface area (Å²) in [5.41, 5.74) is 0.717. The number of carbonyl (C=O) groups excluding carboxylic acids is 3. The molecule has 8 heteroatoms. The lowest BCUT2D eigenvalue weighted by Gasteiger charge is -2.21. The fraction of sp³-hybridized carbons (Fsp3) is 0.211. The highest BCUT2D eigenvalue weighted by atomic mass is 35.5. The number of carbonyl (C=O) groups is 3. The van der Waals surface area contributed by atoms with Crippen LogP contribution in [-0.4, -0.2) is 43.3 Å². The summed E-state index contributed by atoms with van der Waals surface area (Å²) in [5.74, 6) is -1.69. The van der Waals surface area contributed by atoms with Crippen molar-refractivity contribution in [1.82, 2.24) is 10.2 Å². The van der Waals surface area contributed by atoms with E-state index in [9.17, 15) is 14.4 Å². The molecule has 0 fully saturated rings. The van der Waals surface area contributed by atoms with Crippen LogP contribution >= 0.6 is 23.2 Å². The maximum absolute atomic E-state index is 12.3. The van der Waals surface area contributed by atoms with Crippen molar-refractivity contribution in [3.63, 3.8) is 0 Å². The lowest BCUT2D eigenvalue weighted by atomic mass is 10.1. The molecule has 2 amide bonds. The van der Waals surface area contributed by atoms with Crippen LogP contribution in [-0.2, 0) is 14.3 Å². The van der Waals surface area contributed by atoms with Crippen LogP contribution in [0.5, 0.6) is 0 Å². The standard InChI is InChI=1S/C19H18Cl2N2O4/c1-23(2)19(26)17(12-6-4-3-5-7-12)27-16(24)11-22-18(25)14-9-8-13(20)10-15(14)21/h3-10,17H,11H2,1-2H3,(H,22,25).